The molecule has 1 saturated heterocycles. The number of rotatable bonds is 7. The van der Waals surface area contributed by atoms with Crippen LogP contribution in [0, 0.1) is 5.82 Å². The van der Waals surface area contributed by atoms with E-state index in [0.29, 0.717) is 49.4 Å². The number of carbonyl (C=O) groups is 1. The summed E-state index contributed by atoms with van der Waals surface area (Å²) in [7, 11) is 1.65. The monoisotopic (exact) mass is 585 g/mol. The highest BCUT2D eigenvalue weighted by molar-refractivity contribution is 7.99. The van der Waals surface area contributed by atoms with Gasteiger partial charge in [-0.05, 0) is 43.7 Å². The molecule has 5 rings (SSSR count). The summed E-state index contributed by atoms with van der Waals surface area (Å²) in [6, 6.07) is 7.89. The first-order chi connectivity index (χ1) is 19.2. The molecule has 1 amide bonds. The van der Waals surface area contributed by atoms with Crippen molar-refractivity contribution in [3.05, 3.63) is 64.3 Å². The van der Waals surface area contributed by atoms with Crippen molar-refractivity contribution < 1.29 is 13.9 Å². The van der Waals surface area contributed by atoms with Crippen molar-refractivity contribution >= 4 is 46.0 Å². The van der Waals surface area contributed by atoms with Gasteiger partial charge in [-0.2, -0.15) is 4.98 Å². The van der Waals surface area contributed by atoms with E-state index in [9.17, 15) is 14.0 Å². The zero-order valence-electron chi connectivity index (χ0n) is 22.8. The molecule has 2 aliphatic rings. The van der Waals surface area contributed by atoms with Gasteiger partial charge in [-0.1, -0.05) is 30.3 Å². The van der Waals surface area contributed by atoms with Crippen molar-refractivity contribution in [3.63, 3.8) is 0 Å². The van der Waals surface area contributed by atoms with Crippen molar-refractivity contribution in [3.8, 4) is 11.1 Å². The number of aromatic nitrogens is 2. The van der Waals surface area contributed by atoms with Crippen LogP contribution < -0.4 is 15.9 Å². The minimum absolute atomic E-state index is 0.00514. The minimum Gasteiger partial charge on any atom is -0.383 e. The average Bonchev–Trinajstić information content (AvgIpc) is 3.11. The van der Waals surface area contributed by atoms with Crippen LogP contribution in [-0.4, -0.2) is 77.6 Å². The molecule has 0 spiro atoms. The van der Waals surface area contributed by atoms with Gasteiger partial charge in [0.1, 0.15) is 11.6 Å². The van der Waals surface area contributed by atoms with Crippen molar-refractivity contribution in [2.24, 2.45) is 0 Å². The number of piperazine rings is 1. The van der Waals surface area contributed by atoms with E-state index >= 15 is 0 Å². The Morgan fingerprint density at radius 3 is 2.60 bits per heavy atom. The van der Waals surface area contributed by atoms with Crippen LogP contribution in [0.1, 0.15) is 13.8 Å². The van der Waals surface area contributed by atoms with Gasteiger partial charge in [0, 0.05) is 73.0 Å². The third-order valence-corrected chi connectivity index (χ3v) is 9.06. The lowest BCUT2D eigenvalue weighted by atomic mass is 10.0. The highest BCUT2D eigenvalue weighted by Crippen LogP contribution is 2.45. The quantitative estimate of drug-likeness (QED) is 0.329. The number of nitrogens with zero attached hydrogens (tertiary/aromatic N) is 4. The molecule has 2 aliphatic heterocycles. The molecule has 2 aromatic carbocycles. The van der Waals surface area contributed by atoms with Gasteiger partial charge in [0.25, 0.3) is 0 Å². The molecule has 3 aromatic rings. The first kappa shape index (κ1) is 28.6. The number of benzene rings is 2. The van der Waals surface area contributed by atoms with E-state index < -0.39 is 0 Å². The number of carbonyl (C=O) groups excluding carboxylic acids is 1. The summed E-state index contributed by atoms with van der Waals surface area (Å²) >= 11 is 8.61. The second kappa shape index (κ2) is 11.9. The van der Waals surface area contributed by atoms with Crippen LogP contribution in [0.4, 0.5) is 10.2 Å². The van der Waals surface area contributed by atoms with Crippen LogP contribution in [-0.2, 0) is 16.1 Å². The van der Waals surface area contributed by atoms with E-state index in [1.807, 2.05) is 24.8 Å². The molecule has 3 heterocycles. The molecule has 11 heteroatoms. The predicted molar refractivity (Wildman–Crippen MR) is 159 cm³/mol. The second-order valence-corrected chi connectivity index (χ2v) is 11.7. The summed E-state index contributed by atoms with van der Waals surface area (Å²) < 4.78 is 20.7. The first-order valence-corrected chi connectivity index (χ1v) is 14.7. The number of thioether (sulfide) groups is 1. The fraction of sp³-hybridized carbons (Fsp3) is 0.414. The van der Waals surface area contributed by atoms with Crippen LogP contribution in [0.15, 0.2) is 52.7 Å². The molecular weight excluding hydrogens is 553 g/mol. The molecule has 8 nitrogen and oxygen atoms in total. The van der Waals surface area contributed by atoms with Crippen molar-refractivity contribution in [2.45, 2.75) is 43.4 Å². The van der Waals surface area contributed by atoms with Crippen LogP contribution in [0.25, 0.3) is 22.0 Å². The van der Waals surface area contributed by atoms with Crippen molar-refractivity contribution in [2.75, 3.05) is 44.0 Å². The van der Waals surface area contributed by atoms with Crippen LogP contribution in [0.2, 0.25) is 5.02 Å². The van der Waals surface area contributed by atoms with Crippen molar-refractivity contribution in [1.82, 2.24) is 19.8 Å². The summed E-state index contributed by atoms with van der Waals surface area (Å²) in [5, 5.41) is 4.77. The van der Waals surface area contributed by atoms with E-state index in [1.54, 1.807) is 35.6 Å². The van der Waals surface area contributed by atoms with Crippen LogP contribution >= 0.6 is 23.4 Å². The molecule has 40 heavy (non-hydrogen) atoms. The van der Waals surface area contributed by atoms with Gasteiger partial charge in [0.2, 0.25) is 5.91 Å². The molecule has 212 valence electrons. The van der Waals surface area contributed by atoms with Crippen LogP contribution in [0.5, 0.6) is 0 Å². The summed E-state index contributed by atoms with van der Waals surface area (Å²) in [4.78, 5) is 35.6. The number of hydrogen-bond acceptors (Lipinski definition) is 7. The lowest BCUT2D eigenvalue weighted by Gasteiger charge is -2.44. The Bertz CT molecular complexity index is 1490. The number of ether oxygens (including phenoxy) is 1. The molecule has 1 unspecified atom stereocenters. The number of amides is 1. The maximum atomic E-state index is 13.8. The topological polar surface area (TPSA) is 79.7 Å². The Morgan fingerprint density at radius 2 is 1.95 bits per heavy atom. The third kappa shape index (κ3) is 5.37. The zero-order valence-corrected chi connectivity index (χ0v) is 24.4. The molecule has 0 saturated carbocycles. The third-order valence-electron chi connectivity index (χ3n) is 7.50. The standard InChI is InChI=1S/C29H33ClFN5O3S/c1-5-24(37)36-17(2)13-34(14-18(36)3)28-22-12-23(30)25(19-6-8-20(31)9-7-19)27-26(22)35(29(38)33-28)15-21(16-40-27)32-10-11-39-4/h5-9,12,17-18,21,32H,1,10-11,13-16H2,2-4H3/t17-,18+,21?. The summed E-state index contributed by atoms with van der Waals surface area (Å²) in [5.41, 5.74) is 1.97. The van der Waals surface area contributed by atoms with E-state index in [0.717, 1.165) is 26.9 Å². The predicted octanol–water partition coefficient (Wildman–Crippen LogP) is 4.18. The van der Waals surface area contributed by atoms with E-state index in [1.165, 1.54) is 18.2 Å². The Balaban J connectivity index is 1.67. The van der Waals surface area contributed by atoms with Crippen LogP contribution in [0.3, 0.4) is 0 Å². The highest BCUT2D eigenvalue weighted by Gasteiger charge is 2.34. The molecule has 0 bridgehead atoms. The number of nitrogens with one attached hydrogen (secondary N) is 1. The number of hydrogen-bond donors (Lipinski definition) is 1. The Morgan fingerprint density at radius 1 is 1.25 bits per heavy atom. The van der Waals surface area contributed by atoms with Gasteiger partial charge in [0.15, 0.2) is 0 Å². The molecule has 1 N–H and O–H groups in total. The van der Waals surface area contributed by atoms with E-state index in [-0.39, 0.29) is 35.5 Å². The fourth-order valence-electron chi connectivity index (χ4n) is 5.78. The molecule has 1 fully saturated rings. The molecule has 1 aromatic heterocycles. The minimum atomic E-state index is -0.345. The second-order valence-electron chi connectivity index (χ2n) is 10.3. The maximum Gasteiger partial charge on any atom is 0.350 e. The van der Waals surface area contributed by atoms with E-state index in [2.05, 4.69) is 21.8 Å². The normalized spacial score (nSPS) is 21.0. The average molecular weight is 586 g/mol. The molecule has 3 atom stereocenters. The van der Waals surface area contributed by atoms with E-state index in [4.69, 9.17) is 16.3 Å². The Labute approximate surface area is 242 Å². The van der Waals surface area contributed by atoms with Gasteiger partial charge in [-0.3, -0.25) is 9.36 Å². The van der Waals surface area contributed by atoms with Gasteiger partial charge in [0.05, 0.1) is 17.1 Å². The Hall–Kier alpha value is -2.92. The molecule has 0 radical (unpaired) electrons. The largest absolute Gasteiger partial charge is 0.383 e. The number of methoxy groups -OCH3 is 1. The first-order valence-electron chi connectivity index (χ1n) is 13.3. The van der Waals surface area contributed by atoms with Gasteiger partial charge in [-0.15, -0.1) is 11.8 Å². The van der Waals surface area contributed by atoms with Gasteiger partial charge >= 0.3 is 5.69 Å². The summed E-state index contributed by atoms with van der Waals surface area (Å²) in [6.07, 6.45) is 1.34. The summed E-state index contributed by atoms with van der Waals surface area (Å²) in [6.45, 7) is 10.3. The van der Waals surface area contributed by atoms with Crippen molar-refractivity contribution in [1.29, 1.82) is 0 Å². The Kier molecular flexibility index (Phi) is 8.51. The number of halogens is 2. The smallest absolute Gasteiger partial charge is 0.350 e. The highest BCUT2D eigenvalue weighted by atomic mass is 35.5. The SMILES string of the molecule is C=CC(=O)N1[C@H](C)CN(c2nc(=O)n3c4c(c(-c5ccc(F)cc5)c(Cl)cc24)SCC(NCCOC)C3)C[C@@H]1C. The lowest BCUT2D eigenvalue weighted by molar-refractivity contribution is -0.130. The zero-order chi connectivity index (χ0) is 28.6. The molecular formula is C29H33ClFN5O3S. The lowest BCUT2D eigenvalue weighted by Crippen LogP contribution is -2.58. The summed E-state index contributed by atoms with van der Waals surface area (Å²) in [5.74, 6) is 0.805. The number of anilines is 1. The fourth-order valence-corrected chi connectivity index (χ4v) is 7.47. The molecule has 0 aliphatic carbocycles. The maximum absolute atomic E-state index is 13.8. The van der Waals surface area contributed by atoms with Gasteiger partial charge in [-0.25, -0.2) is 9.18 Å². The van der Waals surface area contributed by atoms with Gasteiger partial charge < -0.3 is 19.9 Å².